The Kier molecular flexibility index (Phi) is 7.22. The number of rotatable bonds is 8. The van der Waals surface area contributed by atoms with Crippen LogP contribution in [0.3, 0.4) is 0 Å². The molecule has 0 saturated heterocycles. The number of carbonyl (C=O) groups is 2. The number of ether oxygens (including phenoxy) is 4. The SMILES string of the molecule is COC(=O)[C@H](C)NC(=O)C(Oc1nc(OC)cc(OC)n1)C(C)C. The molecule has 0 radical (unpaired) electrons. The summed E-state index contributed by atoms with van der Waals surface area (Å²) >= 11 is 0. The molecule has 1 rings (SSSR count). The normalized spacial score (nSPS) is 13.0. The Morgan fingerprint density at radius 1 is 1.04 bits per heavy atom. The molecule has 1 amide bonds. The van der Waals surface area contributed by atoms with Gasteiger partial charge < -0.3 is 24.3 Å². The van der Waals surface area contributed by atoms with Gasteiger partial charge in [-0.15, -0.1) is 0 Å². The van der Waals surface area contributed by atoms with Crippen LogP contribution in [0.5, 0.6) is 17.8 Å². The molecule has 1 aromatic heterocycles. The fourth-order valence-corrected chi connectivity index (χ4v) is 1.78. The van der Waals surface area contributed by atoms with E-state index in [1.165, 1.54) is 34.3 Å². The zero-order valence-corrected chi connectivity index (χ0v) is 14.7. The summed E-state index contributed by atoms with van der Waals surface area (Å²) in [5.74, 6) is -0.750. The number of nitrogens with zero attached hydrogens (tertiary/aromatic N) is 2. The third-order valence-electron chi connectivity index (χ3n) is 3.09. The van der Waals surface area contributed by atoms with Crippen molar-refractivity contribution < 1.29 is 28.5 Å². The Balaban J connectivity index is 2.93. The van der Waals surface area contributed by atoms with E-state index in [2.05, 4.69) is 20.0 Å². The molecule has 2 atom stereocenters. The fraction of sp³-hybridized carbons (Fsp3) is 0.600. The predicted octanol–water partition coefficient (Wildman–Crippen LogP) is 0.575. The lowest BCUT2D eigenvalue weighted by molar-refractivity contribution is -0.145. The van der Waals surface area contributed by atoms with Crippen LogP contribution in [0.4, 0.5) is 0 Å². The molecule has 134 valence electrons. The number of nitrogens with one attached hydrogen (secondary N) is 1. The van der Waals surface area contributed by atoms with Crippen LogP contribution >= 0.6 is 0 Å². The molecule has 0 fully saturated rings. The van der Waals surface area contributed by atoms with E-state index < -0.39 is 24.0 Å². The Bertz CT molecular complexity index is 556. The summed E-state index contributed by atoms with van der Waals surface area (Å²) in [5, 5.41) is 2.53. The van der Waals surface area contributed by atoms with Gasteiger partial charge in [-0.1, -0.05) is 13.8 Å². The summed E-state index contributed by atoms with van der Waals surface area (Å²) < 4.78 is 20.2. The van der Waals surface area contributed by atoms with Gasteiger partial charge in [0.15, 0.2) is 6.10 Å². The maximum absolute atomic E-state index is 12.4. The van der Waals surface area contributed by atoms with E-state index in [0.717, 1.165) is 0 Å². The molecule has 24 heavy (non-hydrogen) atoms. The van der Waals surface area contributed by atoms with E-state index in [-0.39, 0.29) is 23.7 Å². The lowest BCUT2D eigenvalue weighted by Crippen LogP contribution is -2.48. The summed E-state index contributed by atoms with van der Waals surface area (Å²) in [6.07, 6.45) is -0.908. The second-order valence-electron chi connectivity index (χ2n) is 5.27. The van der Waals surface area contributed by atoms with Crippen LogP contribution in [0.2, 0.25) is 0 Å². The van der Waals surface area contributed by atoms with Crippen LogP contribution in [0.25, 0.3) is 0 Å². The van der Waals surface area contributed by atoms with Crippen LogP contribution < -0.4 is 19.5 Å². The first kappa shape index (κ1) is 19.5. The van der Waals surface area contributed by atoms with Crippen LogP contribution in [-0.4, -0.2) is 55.3 Å². The number of methoxy groups -OCH3 is 3. The molecule has 0 aromatic carbocycles. The number of hydrogen-bond donors (Lipinski definition) is 1. The van der Waals surface area contributed by atoms with Crippen LogP contribution in [-0.2, 0) is 14.3 Å². The van der Waals surface area contributed by atoms with Gasteiger partial charge in [0.25, 0.3) is 5.91 Å². The molecule has 9 nitrogen and oxygen atoms in total. The first-order valence-electron chi connectivity index (χ1n) is 7.34. The summed E-state index contributed by atoms with van der Waals surface area (Å²) in [6.45, 7) is 5.11. The molecule has 0 aliphatic carbocycles. The highest BCUT2D eigenvalue weighted by Gasteiger charge is 2.28. The molecule has 0 aliphatic rings. The van der Waals surface area contributed by atoms with Crippen LogP contribution in [0, 0.1) is 5.92 Å². The molecular weight excluding hydrogens is 318 g/mol. The molecule has 0 aliphatic heterocycles. The lowest BCUT2D eigenvalue weighted by Gasteiger charge is -2.22. The molecule has 1 aromatic rings. The highest BCUT2D eigenvalue weighted by molar-refractivity contribution is 5.87. The number of aromatic nitrogens is 2. The zero-order chi connectivity index (χ0) is 18.3. The van der Waals surface area contributed by atoms with Gasteiger partial charge in [0.1, 0.15) is 6.04 Å². The van der Waals surface area contributed by atoms with E-state index in [9.17, 15) is 9.59 Å². The minimum absolute atomic E-state index is 0.0641. The van der Waals surface area contributed by atoms with Crippen molar-refractivity contribution in [3.63, 3.8) is 0 Å². The second-order valence-corrected chi connectivity index (χ2v) is 5.27. The quantitative estimate of drug-likeness (QED) is 0.684. The Morgan fingerprint density at radius 3 is 2.00 bits per heavy atom. The number of carbonyl (C=O) groups excluding carboxylic acids is 2. The maximum atomic E-state index is 12.4. The number of amides is 1. The summed E-state index contributed by atoms with van der Waals surface area (Å²) in [7, 11) is 4.13. The van der Waals surface area contributed by atoms with Crippen LogP contribution in [0.1, 0.15) is 20.8 Å². The number of esters is 1. The first-order valence-corrected chi connectivity index (χ1v) is 7.34. The van der Waals surface area contributed by atoms with Gasteiger partial charge in [-0.05, 0) is 12.8 Å². The molecule has 0 saturated carbocycles. The molecule has 0 spiro atoms. The van der Waals surface area contributed by atoms with Gasteiger partial charge in [-0.2, -0.15) is 9.97 Å². The highest BCUT2D eigenvalue weighted by Crippen LogP contribution is 2.21. The van der Waals surface area contributed by atoms with Crippen molar-refractivity contribution >= 4 is 11.9 Å². The van der Waals surface area contributed by atoms with Crippen LogP contribution in [0.15, 0.2) is 6.07 Å². The summed E-state index contributed by atoms with van der Waals surface area (Å²) in [5.41, 5.74) is 0. The summed E-state index contributed by atoms with van der Waals surface area (Å²) in [6, 6.07) is 0.621. The van der Waals surface area contributed by atoms with Gasteiger partial charge in [-0.25, -0.2) is 4.79 Å². The van der Waals surface area contributed by atoms with Crippen molar-refractivity contribution in [3.05, 3.63) is 6.07 Å². The minimum atomic E-state index is -0.908. The van der Waals surface area contributed by atoms with Crippen molar-refractivity contribution in [2.24, 2.45) is 5.92 Å². The Labute approximate surface area is 140 Å². The largest absolute Gasteiger partial charge is 0.481 e. The van der Waals surface area contributed by atoms with E-state index in [1.54, 1.807) is 13.8 Å². The fourth-order valence-electron chi connectivity index (χ4n) is 1.78. The molecule has 1 N–H and O–H groups in total. The maximum Gasteiger partial charge on any atom is 0.328 e. The third-order valence-corrected chi connectivity index (χ3v) is 3.09. The van der Waals surface area contributed by atoms with Crippen molar-refractivity contribution in [1.82, 2.24) is 15.3 Å². The monoisotopic (exact) mass is 341 g/mol. The van der Waals surface area contributed by atoms with E-state index in [4.69, 9.17) is 14.2 Å². The average molecular weight is 341 g/mol. The molecule has 1 heterocycles. The predicted molar refractivity (Wildman–Crippen MR) is 84.0 cm³/mol. The topological polar surface area (TPSA) is 109 Å². The zero-order valence-electron chi connectivity index (χ0n) is 14.7. The first-order chi connectivity index (χ1) is 11.3. The second kappa shape index (κ2) is 8.90. The van der Waals surface area contributed by atoms with E-state index in [1.807, 2.05) is 0 Å². The molecular formula is C15H23N3O6. The van der Waals surface area contributed by atoms with Gasteiger partial charge in [0.2, 0.25) is 11.8 Å². The molecule has 1 unspecified atom stereocenters. The smallest absolute Gasteiger partial charge is 0.328 e. The van der Waals surface area contributed by atoms with Crippen molar-refractivity contribution in [2.45, 2.75) is 32.9 Å². The minimum Gasteiger partial charge on any atom is -0.481 e. The standard InChI is InChI=1S/C15H23N3O6/c1-8(2)12(13(19)16-9(3)14(20)23-6)24-15-17-10(21-4)7-11(18-15)22-5/h7-9,12H,1-6H3,(H,16,19)/t9-,12?/m0/s1. The number of hydrogen-bond acceptors (Lipinski definition) is 8. The third kappa shape index (κ3) is 5.25. The molecule has 0 bridgehead atoms. The summed E-state index contributed by atoms with van der Waals surface area (Å²) in [4.78, 5) is 31.9. The van der Waals surface area contributed by atoms with Gasteiger partial charge in [-0.3, -0.25) is 4.79 Å². The highest BCUT2D eigenvalue weighted by atomic mass is 16.5. The molecule has 9 heteroatoms. The van der Waals surface area contributed by atoms with Crippen molar-refractivity contribution in [1.29, 1.82) is 0 Å². The Morgan fingerprint density at radius 2 is 1.58 bits per heavy atom. The van der Waals surface area contributed by atoms with Gasteiger partial charge in [0, 0.05) is 0 Å². The van der Waals surface area contributed by atoms with E-state index in [0.29, 0.717) is 0 Å². The van der Waals surface area contributed by atoms with E-state index >= 15 is 0 Å². The van der Waals surface area contributed by atoms with Gasteiger partial charge in [0.05, 0.1) is 27.4 Å². The van der Waals surface area contributed by atoms with Gasteiger partial charge >= 0.3 is 12.0 Å². The van der Waals surface area contributed by atoms with Crippen molar-refractivity contribution in [3.8, 4) is 17.8 Å². The Hall–Kier alpha value is -2.58. The average Bonchev–Trinajstić information content (AvgIpc) is 2.57. The van der Waals surface area contributed by atoms with Crippen molar-refractivity contribution in [2.75, 3.05) is 21.3 Å². The lowest BCUT2D eigenvalue weighted by atomic mass is 10.1.